The molecule has 5 rings (SSSR count). The third-order valence-electron chi connectivity index (χ3n) is 6.80. The van der Waals surface area contributed by atoms with Crippen LogP contribution in [-0.2, 0) is 19.5 Å². The molecule has 2 aromatic carbocycles. The molecule has 1 fully saturated rings. The van der Waals surface area contributed by atoms with E-state index in [-0.39, 0.29) is 0 Å². The molecule has 0 spiro atoms. The Bertz CT molecular complexity index is 1220. The van der Waals surface area contributed by atoms with Crippen LogP contribution in [0.15, 0.2) is 48.5 Å². The van der Waals surface area contributed by atoms with Gasteiger partial charge in [0.1, 0.15) is 11.3 Å². The summed E-state index contributed by atoms with van der Waals surface area (Å²) >= 11 is 0. The molecule has 1 saturated carbocycles. The normalized spacial score (nSPS) is 13.8. The number of nitrogens with two attached hydrogens (primary N) is 1. The van der Waals surface area contributed by atoms with Gasteiger partial charge in [0.2, 0.25) is 0 Å². The summed E-state index contributed by atoms with van der Waals surface area (Å²) < 4.78 is 2.36. The van der Waals surface area contributed by atoms with Gasteiger partial charge >= 0.3 is 0 Å². The van der Waals surface area contributed by atoms with Gasteiger partial charge in [-0.15, -0.1) is 0 Å². The molecule has 5 heteroatoms. The van der Waals surface area contributed by atoms with Crippen LogP contribution >= 0.6 is 0 Å². The zero-order chi connectivity index (χ0) is 22.6. The molecule has 5 nitrogen and oxygen atoms in total. The Morgan fingerprint density at radius 1 is 1.00 bits per heavy atom. The first-order valence-electron chi connectivity index (χ1n) is 12.5. The van der Waals surface area contributed by atoms with Crippen LogP contribution < -0.4 is 11.1 Å². The summed E-state index contributed by atoms with van der Waals surface area (Å²) in [5.41, 5.74) is 11.8. The molecule has 4 aromatic rings. The highest BCUT2D eigenvalue weighted by atomic mass is 15.1. The SMILES string of the molecule is CCCCc1nc2c(N)nc3ccccc3c2n1Cc1ccc(CNCCCC2CC2)cc1. The second-order valence-corrected chi connectivity index (χ2v) is 9.51. The number of aromatic nitrogens is 3. The average molecular weight is 442 g/mol. The number of benzene rings is 2. The fourth-order valence-electron chi connectivity index (χ4n) is 4.70. The van der Waals surface area contributed by atoms with Crippen molar-refractivity contribution in [1.82, 2.24) is 19.9 Å². The zero-order valence-corrected chi connectivity index (χ0v) is 19.7. The summed E-state index contributed by atoms with van der Waals surface area (Å²) in [6.07, 6.45) is 8.78. The summed E-state index contributed by atoms with van der Waals surface area (Å²) in [6.45, 7) is 5.06. The number of hydrogen-bond donors (Lipinski definition) is 2. The molecule has 2 heterocycles. The molecule has 0 atom stereocenters. The summed E-state index contributed by atoms with van der Waals surface area (Å²) in [5, 5.41) is 4.71. The molecule has 2 aromatic heterocycles. The number of rotatable bonds is 11. The number of unbranched alkanes of at least 4 members (excludes halogenated alkanes) is 1. The number of nitrogens with zero attached hydrogens (tertiary/aromatic N) is 3. The van der Waals surface area contributed by atoms with Gasteiger partial charge in [0.15, 0.2) is 5.82 Å². The minimum Gasteiger partial charge on any atom is -0.382 e. The minimum absolute atomic E-state index is 0.517. The van der Waals surface area contributed by atoms with E-state index in [1.165, 1.54) is 36.8 Å². The summed E-state index contributed by atoms with van der Waals surface area (Å²) in [5.74, 6) is 2.64. The lowest BCUT2D eigenvalue weighted by molar-refractivity contribution is 0.594. The maximum Gasteiger partial charge on any atom is 0.152 e. The van der Waals surface area contributed by atoms with Crippen LogP contribution in [-0.4, -0.2) is 21.1 Å². The fourth-order valence-corrected chi connectivity index (χ4v) is 4.70. The van der Waals surface area contributed by atoms with E-state index in [2.05, 4.69) is 58.2 Å². The van der Waals surface area contributed by atoms with Crippen LogP contribution in [0.1, 0.15) is 62.4 Å². The Kier molecular flexibility index (Phi) is 6.58. The molecular weight excluding hydrogens is 406 g/mol. The van der Waals surface area contributed by atoms with Crippen molar-refractivity contribution in [3.8, 4) is 0 Å². The van der Waals surface area contributed by atoms with Crippen LogP contribution in [0.4, 0.5) is 5.82 Å². The molecule has 0 radical (unpaired) electrons. The lowest BCUT2D eigenvalue weighted by atomic mass is 10.1. The van der Waals surface area contributed by atoms with Crippen LogP contribution in [0.5, 0.6) is 0 Å². The topological polar surface area (TPSA) is 68.8 Å². The lowest BCUT2D eigenvalue weighted by Gasteiger charge is -2.12. The summed E-state index contributed by atoms with van der Waals surface area (Å²) in [4.78, 5) is 9.56. The predicted molar refractivity (Wildman–Crippen MR) is 137 cm³/mol. The van der Waals surface area contributed by atoms with Gasteiger partial charge in [0, 0.05) is 24.9 Å². The Labute approximate surface area is 196 Å². The van der Waals surface area contributed by atoms with Gasteiger partial charge in [-0.05, 0) is 48.9 Å². The smallest absolute Gasteiger partial charge is 0.152 e. The third kappa shape index (κ3) is 5.03. The van der Waals surface area contributed by atoms with Crippen molar-refractivity contribution < 1.29 is 0 Å². The molecule has 1 aliphatic rings. The van der Waals surface area contributed by atoms with Crippen molar-refractivity contribution in [2.24, 2.45) is 5.92 Å². The number of nitrogen functional groups attached to an aromatic ring is 1. The number of hydrogen-bond acceptors (Lipinski definition) is 4. The predicted octanol–water partition coefficient (Wildman–Crippen LogP) is 5.84. The summed E-state index contributed by atoms with van der Waals surface area (Å²) in [6, 6.07) is 17.2. The number of nitrogens with one attached hydrogen (secondary N) is 1. The highest BCUT2D eigenvalue weighted by Gasteiger charge is 2.20. The molecule has 33 heavy (non-hydrogen) atoms. The van der Waals surface area contributed by atoms with E-state index in [1.807, 2.05) is 12.1 Å². The van der Waals surface area contributed by atoms with E-state index in [4.69, 9.17) is 10.7 Å². The first kappa shape index (κ1) is 21.9. The van der Waals surface area contributed by atoms with Crippen molar-refractivity contribution in [1.29, 1.82) is 0 Å². The van der Waals surface area contributed by atoms with Crippen LogP contribution in [0.25, 0.3) is 21.9 Å². The Morgan fingerprint density at radius 2 is 1.79 bits per heavy atom. The Hall–Kier alpha value is -2.92. The van der Waals surface area contributed by atoms with Crippen LogP contribution in [0.2, 0.25) is 0 Å². The number of anilines is 1. The van der Waals surface area contributed by atoms with Crippen LogP contribution in [0, 0.1) is 5.92 Å². The molecule has 0 unspecified atom stereocenters. The van der Waals surface area contributed by atoms with Gasteiger partial charge in [0.05, 0.1) is 11.0 Å². The number of aryl methyl sites for hydroxylation is 1. The van der Waals surface area contributed by atoms with E-state index in [9.17, 15) is 0 Å². The second-order valence-electron chi connectivity index (χ2n) is 9.51. The van der Waals surface area contributed by atoms with Crippen LogP contribution in [0.3, 0.4) is 0 Å². The monoisotopic (exact) mass is 441 g/mol. The van der Waals surface area contributed by atoms with Gasteiger partial charge in [0.25, 0.3) is 0 Å². The largest absolute Gasteiger partial charge is 0.382 e. The maximum atomic E-state index is 6.34. The Balaban J connectivity index is 1.37. The van der Waals surface area contributed by atoms with E-state index >= 15 is 0 Å². The van der Waals surface area contributed by atoms with Gasteiger partial charge in [-0.25, -0.2) is 9.97 Å². The molecule has 3 N–H and O–H groups in total. The minimum atomic E-state index is 0.517. The molecule has 0 aliphatic heterocycles. The first-order chi connectivity index (χ1) is 16.2. The van der Waals surface area contributed by atoms with E-state index in [0.717, 1.165) is 72.6 Å². The molecular formula is C28H35N5. The van der Waals surface area contributed by atoms with Gasteiger partial charge < -0.3 is 15.6 Å². The molecule has 172 valence electrons. The van der Waals surface area contributed by atoms with Crippen molar-refractivity contribution in [2.75, 3.05) is 12.3 Å². The maximum absolute atomic E-state index is 6.34. The number of para-hydroxylation sites is 1. The fraction of sp³-hybridized carbons (Fsp3) is 0.429. The molecule has 0 amide bonds. The molecule has 0 saturated heterocycles. The van der Waals surface area contributed by atoms with Crippen molar-refractivity contribution in [3.63, 3.8) is 0 Å². The average Bonchev–Trinajstić information content (AvgIpc) is 3.59. The highest BCUT2D eigenvalue weighted by molar-refractivity contribution is 6.06. The molecule has 0 bridgehead atoms. The second kappa shape index (κ2) is 9.92. The van der Waals surface area contributed by atoms with Gasteiger partial charge in [-0.2, -0.15) is 0 Å². The van der Waals surface area contributed by atoms with Gasteiger partial charge in [-0.1, -0.05) is 68.7 Å². The van der Waals surface area contributed by atoms with Crippen molar-refractivity contribution in [2.45, 2.75) is 65.0 Å². The van der Waals surface area contributed by atoms with Crippen molar-refractivity contribution in [3.05, 3.63) is 65.5 Å². The highest BCUT2D eigenvalue weighted by Crippen LogP contribution is 2.33. The Morgan fingerprint density at radius 3 is 2.58 bits per heavy atom. The summed E-state index contributed by atoms with van der Waals surface area (Å²) in [7, 11) is 0. The lowest BCUT2D eigenvalue weighted by Crippen LogP contribution is -2.14. The number of imidazole rings is 1. The third-order valence-corrected chi connectivity index (χ3v) is 6.80. The molecule has 1 aliphatic carbocycles. The van der Waals surface area contributed by atoms with E-state index in [1.54, 1.807) is 0 Å². The van der Waals surface area contributed by atoms with E-state index < -0.39 is 0 Å². The first-order valence-corrected chi connectivity index (χ1v) is 12.5. The van der Waals surface area contributed by atoms with Crippen molar-refractivity contribution >= 4 is 27.8 Å². The standard InChI is InChI=1S/C28H35N5/c1-2-3-10-25-32-26-27(23-8-4-5-9-24(23)31-28(26)29)33(25)19-22-15-13-21(14-16-22)18-30-17-6-7-20-11-12-20/h4-5,8-9,13-16,20,30H,2-3,6-7,10-12,17-19H2,1H3,(H2,29,31). The quantitative estimate of drug-likeness (QED) is 0.287. The number of pyridine rings is 1. The number of fused-ring (bicyclic) bond motifs is 3. The zero-order valence-electron chi connectivity index (χ0n) is 19.7. The van der Waals surface area contributed by atoms with E-state index in [0.29, 0.717) is 5.82 Å². The van der Waals surface area contributed by atoms with Gasteiger partial charge in [-0.3, -0.25) is 0 Å².